The molecule has 1 heterocycles. The Morgan fingerprint density at radius 3 is 2.53 bits per heavy atom. The Balaban J connectivity index is 1.59. The van der Waals surface area contributed by atoms with E-state index in [1.807, 2.05) is 18.2 Å². The number of carbonyl (C=O) groups excluding carboxylic acids is 2. The van der Waals surface area contributed by atoms with E-state index < -0.39 is 0 Å². The van der Waals surface area contributed by atoms with Gasteiger partial charge in [0.15, 0.2) is 0 Å². The Labute approximate surface area is 178 Å². The molecule has 4 atom stereocenters. The number of aryl methyl sites for hydroxylation is 1. The van der Waals surface area contributed by atoms with Gasteiger partial charge in [-0.05, 0) is 73.4 Å². The predicted octanol–water partition coefficient (Wildman–Crippen LogP) is 5.03. The largest absolute Gasteiger partial charge is 0.465 e. The Morgan fingerprint density at radius 1 is 1.00 bits per heavy atom. The minimum absolute atomic E-state index is 0.0379. The molecular formula is C26H29NO3. The van der Waals surface area contributed by atoms with Crippen LogP contribution in [0.5, 0.6) is 0 Å². The number of hydrogen-bond acceptors (Lipinski definition) is 3. The molecule has 0 bridgehead atoms. The summed E-state index contributed by atoms with van der Waals surface area (Å²) < 4.78 is 4.96. The van der Waals surface area contributed by atoms with Gasteiger partial charge in [0.25, 0.3) is 0 Å². The monoisotopic (exact) mass is 403 g/mol. The molecule has 156 valence electrons. The van der Waals surface area contributed by atoms with Crippen LogP contribution in [-0.2, 0) is 16.0 Å². The van der Waals surface area contributed by atoms with Gasteiger partial charge in [-0.15, -0.1) is 0 Å². The summed E-state index contributed by atoms with van der Waals surface area (Å²) in [6, 6.07) is 14.6. The number of ether oxygens (including phenoxy) is 1. The second-order valence-electron chi connectivity index (χ2n) is 9.15. The smallest absolute Gasteiger partial charge is 0.337 e. The topological polar surface area (TPSA) is 46.6 Å². The number of hydrogen-bond donors (Lipinski definition) is 0. The Bertz CT molecular complexity index is 980. The van der Waals surface area contributed by atoms with Crippen molar-refractivity contribution in [1.82, 2.24) is 0 Å². The van der Waals surface area contributed by atoms with Crippen LogP contribution in [0.25, 0.3) is 0 Å². The Morgan fingerprint density at radius 2 is 1.77 bits per heavy atom. The summed E-state index contributed by atoms with van der Waals surface area (Å²) in [6.07, 6.45) is 6.47. The van der Waals surface area contributed by atoms with Crippen molar-refractivity contribution in [2.45, 2.75) is 57.4 Å². The second kappa shape index (κ2) is 7.57. The van der Waals surface area contributed by atoms with Crippen LogP contribution in [0.1, 0.15) is 65.1 Å². The molecular weight excluding hydrogens is 374 g/mol. The highest BCUT2D eigenvalue weighted by Gasteiger charge is 2.53. The predicted molar refractivity (Wildman–Crippen MR) is 117 cm³/mol. The summed E-state index contributed by atoms with van der Waals surface area (Å²) in [7, 11) is 1.43. The normalized spacial score (nSPS) is 27.7. The van der Waals surface area contributed by atoms with Gasteiger partial charge in [-0.1, -0.05) is 43.0 Å². The Hall–Kier alpha value is -2.62. The van der Waals surface area contributed by atoms with E-state index in [1.54, 1.807) is 0 Å². The highest BCUT2D eigenvalue weighted by Crippen LogP contribution is 2.52. The van der Waals surface area contributed by atoms with E-state index >= 15 is 0 Å². The molecule has 1 saturated carbocycles. The zero-order valence-corrected chi connectivity index (χ0v) is 17.8. The lowest BCUT2D eigenvalue weighted by molar-refractivity contribution is -0.121. The van der Waals surface area contributed by atoms with Gasteiger partial charge in [0.2, 0.25) is 5.91 Å². The number of rotatable bonds is 2. The van der Waals surface area contributed by atoms with Crippen molar-refractivity contribution in [1.29, 1.82) is 0 Å². The molecule has 1 amide bonds. The van der Waals surface area contributed by atoms with E-state index in [2.05, 4.69) is 36.1 Å². The van der Waals surface area contributed by atoms with Gasteiger partial charge in [-0.25, -0.2) is 4.79 Å². The SMILES string of the molecule is COC(=O)c1ccc2c(c1)C1CCCCCC3C1C(C2)C(=O)N3c1ccc(C)cc1. The fourth-order valence-corrected chi connectivity index (χ4v) is 6.12. The van der Waals surface area contributed by atoms with Gasteiger partial charge < -0.3 is 9.64 Å². The summed E-state index contributed by atoms with van der Waals surface area (Å²) in [5.41, 5.74) is 5.36. The van der Waals surface area contributed by atoms with Crippen molar-refractivity contribution in [3.63, 3.8) is 0 Å². The van der Waals surface area contributed by atoms with E-state index in [0.717, 1.165) is 24.9 Å². The third-order valence-electron chi connectivity index (χ3n) is 7.49. The average molecular weight is 404 g/mol. The third-order valence-corrected chi connectivity index (χ3v) is 7.49. The first-order chi connectivity index (χ1) is 14.6. The first-order valence-electron chi connectivity index (χ1n) is 11.2. The zero-order chi connectivity index (χ0) is 20.8. The molecule has 0 spiro atoms. The molecule has 1 saturated heterocycles. The van der Waals surface area contributed by atoms with Gasteiger partial charge in [0, 0.05) is 17.6 Å². The molecule has 3 aliphatic rings. The molecule has 2 aromatic rings. The lowest BCUT2D eigenvalue weighted by Crippen LogP contribution is -2.38. The second-order valence-corrected chi connectivity index (χ2v) is 9.15. The van der Waals surface area contributed by atoms with E-state index in [9.17, 15) is 9.59 Å². The van der Waals surface area contributed by atoms with Gasteiger partial charge in [-0.2, -0.15) is 0 Å². The molecule has 5 rings (SSSR count). The molecule has 4 unspecified atom stereocenters. The standard InChI is InChI=1S/C26H29NO3/c1-16-8-12-19(13-9-16)27-23-7-5-3-4-6-20-21-15-18(26(29)30-2)11-10-17(21)14-22(24(20)23)25(27)28/h8-13,15,20,22-24H,3-7,14H2,1-2H3. The minimum atomic E-state index is -0.286. The number of carbonyl (C=O) groups is 2. The van der Waals surface area contributed by atoms with Crippen molar-refractivity contribution in [3.8, 4) is 0 Å². The Kier molecular flexibility index (Phi) is 4.88. The number of benzene rings is 2. The van der Waals surface area contributed by atoms with Gasteiger partial charge in [-0.3, -0.25) is 4.79 Å². The van der Waals surface area contributed by atoms with Gasteiger partial charge in [0.1, 0.15) is 0 Å². The van der Waals surface area contributed by atoms with Crippen molar-refractivity contribution in [3.05, 3.63) is 64.7 Å². The maximum absolute atomic E-state index is 13.7. The van der Waals surface area contributed by atoms with E-state index in [0.29, 0.717) is 17.4 Å². The number of methoxy groups -OCH3 is 1. The molecule has 1 aliphatic heterocycles. The van der Waals surface area contributed by atoms with E-state index in [-0.39, 0.29) is 23.8 Å². The van der Waals surface area contributed by atoms with Crippen molar-refractivity contribution < 1.29 is 14.3 Å². The maximum atomic E-state index is 13.7. The molecule has 30 heavy (non-hydrogen) atoms. The first-order valence-corrected chi connectivity index (χ1v) is 11.2. The van der Waals surface area contributed by atoms with E-state index in [1.165, 1.54) is 43.1 Å². The number of amides is 1. The van der Waals surface area contributed by atoms with Crippen LogP contribution in [-0.4, -0.2) is 25.0 Å². The van der Waals surface area contributed by atoms with Crippen LogP contribution in [0, 0.1) is 18.8 Å². The molecule has 0 N–H and O–H groups in total. The van der Waals surface area contributed by atoms with Crippen LogP contribution in [0.2, 0.25) is 0 Å². The van der Waals surface area contributed by atoms with Crippen molar-refractivity contribution >= 4 is 17.6 Å². The summed E-state index contributed by atoms with van der Waals surface area (Å²) in [4.78, 5) is 27.9. The zero-order valence-electron chi connectivity index (χ0n) is 17.8. The molecule has 2 aromatic carbocycles. The van der Waals surface area contributed by atoms with Crippen molar-refractivity contribution in [2.75, 3.05) is 12.0 Å². The maximum Gasteiger partial charge on any atom is 0.337 e. The average Bonchev–Trinajstić information content (AvgIpc) is 3.01. The fourth-order valence-electron chi connectivity index (χ4n) is 6.12. The molecule has 4 heteroatoms. The molecule has 2 fully saturated rings. The number of nitrogens with zero attached hydrogens (tertiary/aromatic N) is 1. The quantitative estimate of drug-likeness (QED) is 0.661. The van der Waals surface area contributed by atoms with Crippen LogP contribution >= 0.6 is 0 Å². The highest BCUT2D eigenvalue weighted by molar-refractivity contribution is 5.99. The van der Waals surface area contributed by atoms with Gasteiger partial charge in [0.05, 0.1) is 12.7 Å². The van der Waals surface area contributed by atoms with Crippen LogP contribution in [0.4, 0.5) is 5.69 Å². The van der Waals surface area contributed by atoms with Crippen LogP contribution in [0.15, 0.2) is 42.5 Å². The summed E-state index contributed by atoms with van der Waals surface area (Å²) in [5.74, 6) is 0.679. The lowest BCUT2D eigenvalue weighted by Gasteiger charge is -2.39. The van der Waals surface area contributed by atoms with Crippen LogP contribution < -0.4 is 4.90 Å². The lowest BCUT2D eigenvalue weighted by atomic mass is 9.64. The fraction of sp³-hybridized carbons (Fsp3) is 0.462. The third kappa shape index (κ3) is 3.05. The number of esters is 1. The summed E-state index contributed by atoms with van der Waals surface area (Å²) in [6.45, 7) is 2.08. The molecule has 4 nitrogen and oxygen atoms in total. The molecule has 2 aliphatic carbocycles. The van der Waals surface area contributed by atoms with Gasteiger partial charge >= 0.3 is 5.97 Å². The highest BCUT2D eigenvalue weighted by atomic mass is 16.5. The first kappa shape index (κ1) is 19.3. The van der Waals surface area contributed by atoms with E-state index in [4.69, 9.17) is 4.74 Å². The summed E-state index contributed by atoms with van der Waals surface area (Å²) >= 11 is 0. The molecule has 0 aromatic heterocycles. The molecule has 0 radical (unpaired) electrons. The van der Waals surface area contributed by atoms with Crippen LogP contribution in [0.3, 0.4) is 0 Å². The number of fused-ring (bicyclic) bond motifs is 2. The number of anilines is 1. The van der Waals surface area contributed by atoms with Crippen molar-refractivity contribution in [2.24, 2.45) is 11.8 Å². The minimum Gasteiger partial charge on any atom is -0.465 e. The summed E-state index contributed by atoms with van der Waals surface area (Å²) in [5, 5.41) is 0.